The van der Waals surface area contributed by atoms with Crippen molar-refractivity contribution < 1.29 is 52.5 Å². The Labute approximate surface area is 339 Å². The Bertz CT molecular complexity index is 1180. The van der Waals surface area contributed by atoms with Crippen LogP contribution in [0.15, 0.2) is 12.2 Å². The second-order valence-corrected chi connectivity index (χ2v) is 15.3. The highest BCUT2D eigenvalue weighted by atomic mass is 32.1. The van der Waals surface area contributed by atoms with E-state index in [4.69, 9.17) is 23.7 Å². The summed E-state index contributed by atoms with van der Waals surface area (Å²) < 4.78 is 27.0. The van der Waals surface area contributed by atoms with Crippen molar-refractivity contribution in [3.63, 3.8) is 0 Å². The monoisotopic (exact) mass is 815 g/mol. The molecule has 0 aromatic rings. The van der Waals surface area contributed by atoms with E-state index in [1.165, 1.54) is 44.3 Å². The fourth-order valence-corrected chi connectivity index (χ4v) is 6.25. The molecule has 0 bridgehead atoms. The topological polar surface area (TPSA) is 200 Å². The fourth-order valence-electron chi connectivity index (χ4n) is 6.02. The highest BCUT2D eigenvalue weighted by molar-refractivity contribution is 7.80. The van der Waals surface area contributed by atoms with Crippen molar-refractivity contribution in [2.45, 2.75) is 109 Å². The molecule has 0 saturated heterocycles. The molecule has 0 aromatic carbocycles. The molecule has 56 heavy (non-hydrogen) atoms. The number of rotatable bonds is 36. The summed E-state index contributed by atoms with van der Waals surface area (Å²) in [7, 11) is 0. The van der Waals surface area contributed by atoms with Crippen molar-refractivity contribution in [3.8, 4) is 0 Å². The molecular weight excluding hydrogens is 747 g/mol. The lowest BCUT2D eigenvalue weighted by molar-refractivity contribution is -0.137. The average Bonchev–Trinajstić information content (AvgIpc) is 3.44. The molecule has 0 saturated carbocycles. The Balaban J connectivity index is 1.94. The van der Waals surface area contributed by atoms with E-state index in [9.17, 15) is 28.8 Å². The zero-order valence-corrected chi connectivity index (χ0v) is 35.1. The molecule has 17 heteroatoms. The second kappa shape index (κ2) is 31.0. The highest BCUT2D eigenvalue weighted by Crippen LogP contribution is 2.20. The molecular formula is C39H69N5O11S. The van der Waals surface area contributed by atoms with E-state index in [1.807, 2.05) is 27.7 Å². The maximum Gasteiger partial charge on any atom is 0.253 e. The van der Waals surface area contributed by atoms with Gasteiger partial charge in [-0.05, 0) is 52.7 Å². The molecule has 0 aromatic heterocycles. The Morgan fingerprint density at radius 1 is 0.554 bits per heavy atom. The van der Waals surface area contributed by atoms with Gasteiger partial charge in [-0.1, -0.05) is 38.5 Å². The number of nitrogens with zero attached hydrogens (tertiary/aromatic N) is 1. The van der Waals surface area contributed by atoms with E-state index < -0.39 is 22.9 Å². The van der Waals surface area contributed by atoms with Gasteiger partial charge in [-0.2, -0.15) is 12.6 Å². The molecule has 1 rings (SSSR count). The molecule has 4 N–H and O–H groups in total. The minimum Gasteiger partial charge on any atom is -0.377 e. The Morgan fingerprint density at radius 3 is 1.52 bits per heavy atom. The number of ether oxygens (including phenoxy) is 5. The zero-order chi connectivity index (χ0) is 41.5. The van der Waals surface area contributed by atoms with Crippen molar-refractivity contribution in [2.75, 3.05) is 91.5 Å². The number of hydrogen-bond donors (Lipinski definition) is 5. The number of carbonyl (C=O) groups excluding carboxylic acids is 6. The van der Waals surface area contributed by atoms with Crippen molar-refractivity contribution >= 4 is 48.1 Å². The predicted octanol–water partition coefficient (Wildman–Crippen LogP) is 2.24. The van der Waals surface area contributed by atoms with Gasteiger partial charge in [0.05, 0.1) is 52.9 Å². The van der Waals surface area contributed by atoms with Gasteiger partial charge < -0.3 is 45.0 Å². The number of unbranched alkanes of at least 4 members (excludes halogenated alkanes) is 7. The first-order chi connectivity index (χ1) is 26.7. The van der Waals surface area contributed by atoms with Gasteiger partial charge in [0.1, 0.15) is 13.2 Å². The lowest BCUT2D eigenvalue weighted by Crippen LogP contribution is -2.54. The molecule has 0 unspecified atom stereocenters. The van der Waals surface area contributed by atoms with Crippen LogP contribution < -0.4 is 21.3 Å². The molecule has 1 aliphatic heterocycles. The number of hydrogen-bond acceptors (Lipinski definition) is 12. The zero-order valence-electron chi connectivity index (χ0n) is 34.2. The van der Waals surface area contributed by atoms with E-state index in [0.29, 0.717) is 39.2 Å². The summed E-state index contributed by atoms with van der Waals surface area (Å²) >= 11 is 4.24. The van der Waals surface area contributed by atoms with Gasteiger partial charge >= 0.3 is 0 Å². The summed E-state index contributed by atoms with van der Waals surface area (Å²) in [6.45, 7) is 10.3. The Hall–Kier alpha value is -3.09. The number of carbonyl (C=O) groups is 6. The third-order valence-corrected chi connectivity index (χ3v) is 8.65. The maximum atomic E-state index is 12.5. The molecule has 6 amide bonds. The van der Waals surface area contributed by atoms with E-state index in [1.54, 1.807) is 0 Å². The maximum absolute atomic E-state index is 12.5. The van der Waals surface area contributed by atoms with Gasteiger partial charge in [0.25, 0.3) is 11.8 Å². The Morgan fingerprint density at radius 2 is 0.982 bits per heavy atom. The molecule has 0 aliphatic carbocycles. The number of nitrogens with one attached hydrogen (secondary N) is 4. The summed E-state index contributed by atoms with van der Waals surface area (Å²) in [5.41, 5.74) is -1.04. The minimum atomic E-state index is -0.556. The number of imide groups is 1. The van der Waals surface area contributed by atoms with Crippen LogP contribution in [0.4, 0.5) is 0 Å². The molecule has 1 aliphatic rings. The van der Waals surface area contributed by atoms with Crippen molar-refractivity contribution in [2.24, 2.45) is 0 Å². The SMILES string of the molecule is CC(C)(CC(C)(C)NC(=O)COCCOCCOCC(=O)NCCOCCOCCNC(=O)CCN1C(=O)C=CC1=O)NC(=O)CCCCCCCCCCS. The van der Waals surface area contributed by atoms with Gasteiger partial charge in [-0.3, -0.25) is 33.7 Å². The number of amides is 6. The van der Waals surface area contributed by atoms with Crippen LogP contribution in [-0.4, -0.2) is 143 Å². The van der Waals surface area contributed by atoms with Gasteiger partial charge in [0.2, 0.25) is 23.6 Å². The van der Waals surface area contributed by atoms with E-state index in [-0.39, 0.29) is 89.4 Å². The second-order valence-electron chi connectivity index (χ2n) is 14.9. The fraction of sp³-hybridized carbons (Fsp3) is 0.795. The standard InChI is InChI=1S/C39H69N5O11S/c1-38(2,42-33(46)13-11-9-7-5-6-8-10-12-28-56)31-39(3,4)43-35(48)30-55-27-25-53-24-26-54-29-34(47)41-18-21-52-23-22-51-20-17-40-32(45)16-19-44-36(49)14-15-37(44)50/h14-15,56H,5-13,16-31H2,1-4H3,(H,40,45)(H,41,47)(H,42,46)(H,43,48). The first kappa shape index (κ1) is 50.9. The summed E-state index contributed by atoms with van der Waals surface area (Å²) in [5.74, 6) is -0.664. The van der Waals surface area contributed by atoms with Crippen LogP contribution in [0.5, 0.6) is 0 Å². The Kier molecular flexibility index (Phi) is 28.2. The molecule has 16 nitrogen and oxygen atoms in total. The molecule has 0 atom stereocenters. The van der Waals surface area contributed by atoms with Crippen LogP contribution >= 0.6 is 12.6 Å². The molecule has 0 fully saturated rings. The number of thiol groups is 1. The minimum absolute atomic E-state index is 0.0216. The van der Waals surface area contributed by atoms with Crippen molar-refractivity contribution in [1.82, 2.24) is 26.2 Å². The van der Waals surface area contributed by atoms with Crippen LogP contribution in [0.25, 0.3) is 0 Å². The normalized spacial score (nSPS) is 13.0. The van der Waals surface area contributed by atoms with Crippen LogP contribution in [0.1, 0.15) is 98.3 Å². The van der Waals surface area contributed by atoms with Crippen LogP contribution in [-0.2, 0) is 52.5 Å². The molecule has 322 valence electrons. The predicted molar refractivity (Wildman–Crippen MR) is 215 cm³/mol. The van der Waals surface area contributed by atoms with Gasteiger partial charge in [0, 0.05) is 55.7 Å². The highest BCUT2D eigenvalue weighted by Gasteiger charge is 2.31. The smallest absolute Gasteiger partial charge is 0.253 e. The molecule has 1 heterocycles. The van der Waals surface area contributed by atoms with Gasteiger partial charge in [-0.25, -0.2) is 0 Å². The summed E-state index contributed by atoms with van der Waals surface area (Å²) in [5, 5.41) is 11.4. The third kappa shape index (κ3) is 28.3. The molecule has 0 radical (unpaired) electrons. The van der Waals surface area contributed by atoms with E-state index in [0.717, 1.165) is 29.9 Å². The first-order valence-electron chi connectivity index (χ1n) is 19.9. The average molecular weight is 816 g/mol. The van der Waals surface area contributed by atoms with Crippen LogP contribution in [0.2, 0.25) is 0 Å². The van der Waals surface area contributed by atoms with Gasteiger partial charge in [-0.15, -0.1) is 0 Å². The lowest BCUT2D eigenvalue weighted by Gasteiger charge is -2.36. The van der Waals surface area contributed by atoms with Crippen molar-refractivity contribution in [3.05, 3.63) is 12.2 Å². The van der Waals surface area contributed by atoms with Crippen LogP contribution in [0.3, 0.4) is 0 Å². The summed E-state index contributed by atoms with van der Waals surface area (Å²) in [4.78, 5) is 72.7. The van der Waals surface area contributed by atoms with Crippen molar-refractivity contribution in [1.29, 1.82) is 0 Å². The van der Waals surface area contributed by atoms with Gasteiger partial charge in [0.15, 0.2) is 0 Å². The van der Waals surface area contributed by atoms with E-state index >= 15 is 0 Å². The third-order valence-electron chi connectivity index (χ3n) is 8.33. The summed E-state index contributed by atoms with van der Waals surface area (Å²) in [6.07, 6.45) is 12.7. The quantitative estimate of drug-likeness (QED) is 0.0353. The lowest BCUT2D eigenvalue weighted by atomic mass is 9.86. The first-order valence-corrected chi connectivity index (χ1v) is 20.6. The summed E-state index contributed by atoms with van der Waals surface area (Å²) in [6, 6.07) is 0. The van der Waals surface area contributed by atoms with Crippen LogP contribution in [0, 0.1) is 0 Å². The van der Waals surface area contributed by atoms with E-state index in [2.05, 4.69) is 33.9 Å². The largest absolute Gasteiger partial charge is 0.377 e. The molecule has 0 spiro atoms.